The van der Waals surface area contributed by atoms with Crippen LogP contribution in [0.5, 0.6) is 0 Å². The van der Waals surface area contributed by atoms with Gasteiger partial charge in [0, 0.05) is 11.3 Å². The average molecular weight is 318 g/mol. The molecular formula is C17H22N2O4. The molecule has 2 aromatic heterocycles. The van der Waals surface area contributed by atoms with Crippen molar-refractivity contribution in [3.63, 3.8) is 0 Å². The van der Waals surface area contributed by atoms with Crippen LogP contribution in [0.2, 0.25) is 0 Å². The van der Waals surface area contributed by atoms with Crippen LogP contribution < -0.4 is 5.32 Å². The minimum absolute atomic E-state index is 0.00824. The molecule has 0 aromatic carbocycles. The molecule has 1 atom stereocenters. The number of aliphatic hydroxyl groups is 1. The van der Waals surface area contributed by atoms with Crippen LogP contribution in [-0.2, 0) is 5.60 Å². The molecule has 0 saturated carbocycles. The first-order valence-electron chi connectivity index (χ1n) is 7.41. The summed E-state index contributed by atoms with van der Waals surface area (Å²) >= 11 is 0. The Morgan fingerprint density at radius 3 is 2.43 bits per heavy atom. The average Bonchev–Trinajstić information content (AvgIpc) is 3.00. The van der Waals surface area contributed by atoms with Gasteiger partial charge in [0.1, 0.15) is 22.8 Å². The van der Waals surface area contributed by atoms with E-state index in [4.69, 9.17) is 4.42 Å². The number of ketones is 1. The lowest BCUT2D eigenvalue weighted by Gasteiger charge is -2.21. The summed E-state index contributed by atoms with van der Waals surface area (Å²) in [6.45, 7) is 8.29. The summed E-state index contributed by atoms with van der Waals surface area (Å²) in [5.74, 6) is 0.614. The first-order valence-corrected chi connectivity index (χ1v) is 7.41. The Balaban J connectivity index is 2.14. The van der Waals surface area contributed by atoms with Gasteiger partial charge < -0.3 is 19.8 Å². The number of nitrogens with one attached hydrogen (secondary N) is 2. The Labute approximate surface area is 134 Å². The number of furan rings is 1. The molecule has 23 heavy (non-hydrogen) atoms. The summed E-state index contributed by atoms with van der Waals surface area (Å²) in [4.78, 5) is 26.9. The van der Waals surface area contributed by atoms with Crippen molar-refractivity contribution in [1.82, 2.24) is 10.3 Å². The van der Waals surface area contributed by atoms with Gasteiger partial charge in [0.2, 0.25) is 0 Å². The maximum atomic E-state index is 12.3. The van der Waals surface area contributed by atoms with Gasteiger partial charge in [-0.2, -0.15) is 0 Å². The highest BCUT2D eigenvalue weighted by molar-refractivity contribution is 6.02. The van der Waals surface area contributed by atoms with Crippen LogP contribution in [0.1, 0.15) is 57.5 Å². The number of hydrogen-bond acceptors (Lipinski definition) is 4. The van der Waals surface area contributed by atoms with Crippen LogP contribution >= 0.6 is 0 Å². The number of aromatic nitrogens is 1. The number of Topliss-reactive ketones (excluding diaryl/α,β-unsaturated/α-hetero) is 1. The highest BCUT2D eigenvalue weighted by Crippen LogP contribution is 2.23. The maximum absolute atomic E-state index is 12.3. The highest BCUT2D eigenvalue weighted by atomic mass is 16.4. The zero-order valence-electron chi connectivity index (χ0n) is 14.0. The van der Waals surface area contributed by atoms with Crippen molar-refractivity contribution in [2.75, 3.05) is 6.54 Å². The fourth-order valence-corrected chi connectivity index (χ4v) is 2.66. The van der Waals surface area contributed by atoms with Crippen molar-refractivity contribution in [1.29, 1.82) is 0 Å². The van der Waals surface area contributed by atoms with Crippen LogP contribution in [0.15, 0.2) is 16.5 Å². The molecule has 0 aliphatic carbocycles. The second-order valence-electron chi connectivity index (χ2n) is 6.05. The predicted octanol–water partition coefficient (Wildman–Crippen LogP) is 2.37. The molecule has 6 nitrogen and oxygen atoms in total. The molecule has 2 aromatic rings. The summed E-state index contributed by atoms with van der Waals surface area (Å²) < 4.78 is 5.41. The number of carbonyl (C=O) groups is 2. The normalized spacial score (nSPS) is 13.7. The lowest BCUT2D eigenvalue weighted by molar-refractivity contribution is 0.0322. The third kappa shape index (κ3) is 3.37. The molecular weight excluding hydrogens is 296 g/mol. The molecule has 3 N–H and O–H groups in total. The van der Waals surface area contributed by atoms with Gasteiger partial charge in [-0.1, -0.05) is 0 Å². The zero-order valence-corrected chi connectivity index (χ0v) is 14.0. The molecule has 2 heterocycles. The molecule has 0 aliphatic heterocycles. The first-order chi connectivity index (χ1) is 10.6. The van der Waals surface area contributed by atoms with Gasteiger partial charge in [0.05, 0.1) is 6.54 Å². The number of amides is 1. The van der Waals surface area contributed by atoms with Crippen molar-refractivity contribution in [3.05, 3.63) is 46.2 Å². The number of carbonyl (C=O) groups excluding carboxylic acids is 2. The molecule has 0 spiro atoms. The SMILES string of the molecule is CC(=O)c1c(C)[nH]c(C(=O)NCC(C)(O)c2ccc(C)o2)c1C. The Kier molecular flexibility index (Phi) is 4.47. The zero-order chi connectivity index (χ0) is 17.4. The van der Waals surface area contributed by atoms with E-state index in [1.54, 1.807) is 39.8 Å². The lowest BCUT2D eigenvalue weighted by atomic mass is 10.0. The van der Waals surface area contributed by atoms with Gasteiger partial charge in [-0.15, -0.1) is 0 Å². The molecule has 1 amide bonds. The minimum atomic E-state index is -1.32. The smallest absolute Gasteiger partial charge is 0.268 e. The Morgan fingerprint density at radius 1 is 1.30 bits per heavy atom. The van der Waals surface area contributed by atoms with Gasteiger partial charge in [0.15, 0.2) is 5.78 Å². The van der Waals surface area contributed by atoms with Crippen LogP contribution in [0.3, 0.4) is 0 Å². The van der Waals surface area contributed by atoms with E-state index in [9.17, 15) is 14.7 Å². The Hall–Kier alpha value is -2.34. The van der Waals surface area contributed by atoms with E-state index in [1.165, 1.54) is 6.92 Å². The second-order valence-corrected chi connectivity index (χ2v) is 6.05. The van der Waals surface area contributed by atoms with Gasteiger partial charge >= 0.3 is 0 Å². The lowest BCUT2D eigenvalue weighted by Crippen LogP contribution is -2.38. The number of H-pyrrole nitrogens is 1. The molecule has 124 valence electrons. The van der Waals surface area contributed by atoms with Crippen LogP contribution in [-0.4, -0.2) is 28.3 Å². The fourth-order valence-electron chi connectivity index (χ4n) is 2.66. The van der Waals surface area contributed by atoms with Crippen molar-refractivity contribution >= 4 is 11.7 Å². The first kappa shape index (κ1) is 17.0. The van der Waals surface area contributed by atoms with Gasteiger partial charge in [-0.05, 0) is 52.3 Å². The quantitative estimate of drug-likeness (QED) is 0.738. The van der Waals surface area contributed by atoms with Crippen LogP contribution in [0.25, 0.3) is 0 Å². The fraction of sp³-hybridized carbons (Fsp3) is 0.412. The van der Waals surface area contributed by atoms with Crippen molar-refractivity contribution in [2.24, 2.45) is 0 Å². The third-order valence-corrected chi connectivity index (χ3v) is 3.88. The van der Waals surface area contributed by atoms with Crippen molar-refractivity contribution < 1.29 is 19.1 Å². The van der Waals surface area contributed by atoms with Crippen LogP contribution in [0.4, 0.5) is 0 Å². The molecule has 0 fully saturated rings. The van der Waals surface area contributed by atoms with E-state index in [2.05, 4.69) is 10.3 Å². The summed E-state index contributed by atoms with van der Waals surface area (Å²) in [5.41, 5.74) is 0.820. The molecule has 6 heteroatoms. The second kappa shape index (κ2) is 6.04. The Morgan fingerprint density at radius 2 is 1.96 bits per heavy atom. The van der Waals surface area contributed by atoms with Gasteiger partial charge in [-0.3, -0.25) is 9.59 Å². The number of aromatic amines is 1. The summed E-state index contributed by atoms with van der Waals surface area (Å²) in [7, 11) is 0. The number of aryl methyl sites for hydroxylation is 2. The van der Waals surface area contributed by atoms with E-state index in [-0.39, 0.29) is 18.2 Å². The van der Waals surface area contributed by atoms with E-state index in [0.717, 1.165) is 0 Å². The van der Waals surface area contributed by atoms with E-state index in [1.807, 2.05) is 0 Å². The molecule has 0 aliphatic rings. The Bertz CT molecular complexity index is 753. The summed E-state index contributed by atoms with van der Waals surface area (Å²) in [5, 5.41) is 13.1. The largest absolute Gasteiger partial charge is 0.463 e. The van der Waals surface area contributed by atoms with E-state index in [0.29, 0.717) is 34.0 Å². The monoisotopic (exact) mass is 318 g/mol. The van der Waals surface area contributed by atoms with Crippen molar-refractivity contribution in [3.8, 4) is 0 Å². The third-order valence-electron chi connectivity index (χ3n) is 3.88. The van der Waals surface area contributed by atoms with Crippen molar-refractivity contribution in [2.45, 2.75) is 40.2 Å². The molecule has 0 radical (unpaired) electrons. The standard InChI is InChI=1S/C17H22N2O4/c1-9-6-7-13(23-9)17(5,22)8-18-16(21)15-10(2)14(12(4)20)11(3)19-15/h6-7,19,22H,8H2,1-5H3,(H,18,21). The highest BCUT2D eigenvalue weighted by Gasteiger charge is 2.28. The predicted molar refractivity (Wildman–Crippen MR) is 85.6 cm³/mol. The molecule has 0 bridgehead atoms. The molecule has 1 unspecified atom stereocenters. The number of hydrogen-bond donors (Lipinski definition) is 3. The van der Waals surface area contributed by atoms with Crippen LogP contribution in [0, 0.1) is 20.8 Å². The minimum Gasteiger partial charge on any atom is -0.463 e. The summed E-state index contributed by atoms with van der Waals surface area (Å²) in [6, 6.07) is 3.43. The number of rotatable bonds is 5. The van der Waals surface area contributed by atoms with Gasteiger partial charge in [0.25, 0.3) is 5.91 Å². The topological polar surface area (TPSA) is 95.3 Å². The molecule has 0 saturated heterocycles. The maximum Gasteiger partial charge on any atom is 0.268 e. The van der Waals surface area contributed by atoms with Gasteiger partial charge in [-0.25, -0.2) is 0 Å². The molecule has 2 rings (SSSR count). The summed E-state index contributed by atoms with van der Waals surface area (Å²) in [6.07, 6.45) is 0. The van der Waals surface area contributed by atoms with E-state index < -0.39 is 5.60 Å². The van der Waals surface area contributed by atoms with E-state index >= 15 is 0 Å².